The van der Waals surface area contributed by atoms with Gasteiger partial charge in [-0.1, -0.05) is 6.92 Å². The minimum atomic E-state index is 0.434. The van der Waals surface area contributed by atoms with Gasteiger partial charge in [0.25, 0.3) is 0 Å². The second kappa shape index (κ2) is 6.00. The number of nitrogens with two attached hydrogens (primary N) is 1. The Hall–Kier alpha value is -1.36. The Morgan fingerprint density at radius 2 is 2.33 bits per heavy atom. The van der Waals surface area contributed by atoms with Crippen molar-refractivity contribution in [3.63, 3.8) is 0 Å². The maximum absolute atomic E-state index is 5.81. The summed E-state index contributed by atoms with van der Waals surface area (Å²) in [5, 5.41) is 0. The molecule has 1 aromatic heterocycles. The van der Waals surface area contributed by atoms with E-state index in [9.17, 15) is 0 Å². The molecule has 100 valence electrons. The molecule has 1 fully saturated rings. The molecule has 1 saturated heterocycles. The predicted octanol–water partition coefficient (Wildman–Crippen LogP) is 1.25. The Bertz CT molecular complexity index is 381. The number of anilines is 2. The van der Waals surface area contributed by atoms with Crippen LogP contribution >= 0.6 is 0 Å². The van der Waals surface area contributed by atoms with Crippen LogP contribution in [0.5, 0.6) is 0 Å². The molecule has 2 N–H and O–H groups in total. The number of hydrogen-bond acceptors (Lipinski definition) is 5. The van der Waals surface area contributed by atoms with E-state index in [1.54, 1.807) is 6.33 Å². The highest BCUT2D eigenvalue weighted by Crippen LogP contribution is 2.25. The van der Waals surface area contributed by atoms with Gasteiger partial charge in [-0.2, -0.15) is 0 Å². The highest BCUT2D eigenvalue weighted by molar-refractivity contribution is 5.51. The van der Waals surface area contributed by atoms with Crippen molar-refractivity contribution < 1.29 is 0 Å². The number of nitrogens with zero attached hydrogens (tertiary/aromatic N) is 4. The Labute approximate surface area is 109 Å². The summed E-state index contributed by atoms with van der Waals surface area (Å²) in [6, 6.07) is 2.51. The van der Waals surface area contributed by atoms with E-state index in [4.69, 9.17) is 5.73 Å². The summed E-state index contributed by atoms with van der Waals surface area (Å²) in [4.78, 5) is 13.2. The van der Waals surface area contributed by atoms with Crippen LogP contribution in [0.2, 0.25) is 0 Å². The Morgan fingerprint density at radius 1 is 1.50 bits per heavy atom. The van der Waals surface area contributed by atoms with Crippen molar-refractivity contribution in [1.82, 2.24) is 9.97 Å². The average Bonchev–Trinajstić information content (AvgIpc) is 2.87. The highest BCUT2D eigenvalue weighted by atomic mass is 15.3. The van der Waals surface area contributed by atoms with E-state index in [1.807, 2.05) is 0 Å². The van der Waals surface area contributed by atoms with Gasteiger partial charge in [0.2, 0.25) is 0 Å². The van der Waals surface area contributed by atoms with Crippen LogP contribution in [0, 0.1) is 0 Å². The Balaban J connectivity index is 2.16. The molecule has 1 aliphatic heterocycles. The average molecular weight is 249 g/mol. The third kappa shape index (κ3) is 2.72. The van der Waals surface area contributed by atoms with Crippen molar-refractivity contribution in [2.24, 2.45) is 5.73 Å². The second-order valence-corrected chi connectivity index (χ2v) is 4.88. The van der Waals surface area contributed by atoms with Crippen molar-refractivity contribution in [3.8, 4) is 0 Å². The van der Waals surface area contributed by atoms with Gasteiger partial charge in [0, 0.05) is 38.8 Å². The Kier molecular flexibility index (Phi) is 4.36. The maximum Gasteiger partial charge on any atom is 0.134 e. The first-order chi connectivity index (χ1) is 8.76. The summed E-state index contributed by atoms with van der Waals surface area (Å²) in [6.45, 7) is 4.93. The molecule has 5 heteroatoms. The molecular formula is C13H23N5. The first-order valence-corrected chi connectivity index (χ1v) is 6.76. The molecule has 0 saturated carbocycles. The molecule has 0 aromatic carbocycles. The molecule has 2 rings (SSSR count). The van der Waals surface area contributed by atoms with Crippen LogP contribution in [0.4, 0.5) is 11.6 Å². The lowest BCUT2D eigenvalue weighted by Crippen LogP contribution is -2.36. The van der Waals surface area contributed by atoms with Crippen LogP contribution in [0.25, 0.3) is 0 Å². The van der Waals surface area contributed by atoms with Gasteiger partial charge in [-0.3, -0.25) is 0 Å². The van der Waals surface area contributed by atoms with Crippen molar-refractivity contribution in [2.45, 2.75) is 32.2 Å². The molecule has 5 nitrogen and oxygen atoms in total. The fourth-order valence-corrected chi connectivity index (χ4v) is 2.54. The monoisotopic (exact) mass is 249 g/mol. The maximum atomic E-state index is 5.81. The third-order valence-corrected chi connectivity index (χ3v) is 3.53. The lowest BCUT2D eigenvalue weighted by atomic mass is 10.2. The lowest BCUT2D eigenvalue weighted by Gasteiger charge is -2.25. The van der Waals surface area contributed by atoms with Gasteiger partial charge in [0.05, 0.1) is 0 Å². The summed E-state index contributed by atoms with van der Waals surface area (Å²) in [5.74, 6) is 2.00. The molecule has 0 aliphatic carbocycles. The normalized spacial score (nSPS) is 19.3. The zero-order valence-corrected chi connectivity index (χ0v) is 11.3. The van der Waals surface area contributed by atoms with E-state index in [0.717, 1.165) is 31.1 Å². The molecule has 18 heavy (non-hydrogen) atoms. The van der Waals surface area contributed by atoms with Crippen LogP contribution in [-0.4, -0.2) is 42.7 Å². The number of rotatable bonds is 5. The third-order valence-electron chi connectivity index (χ3n) is 3.53. The summed E-state index contributed by atoms with van der Waals surface area (Å²) in [6.07, 6.45) is 5.14. The van der Waals surface area contributed by atoms with Gasteiger partial charge in [0.15, 0.2) is 0 Å². The minimum Gasteiger partial charge on any atom is -0.360 e. The standard InChI is InChI=1S/C13H23N5/c1-3-6-17(2)12-8-13(16-10-15-12)18-7-4-5-11(18)9-14/h8,10-11H,3-7,9,14H2,1-2H3. The second-order valence-electron chi connectivity index (χ2n) is 4.88. The zero-order chi connectivity index (χ0) is 13.0. The van der Waals surface area contributed by atoms with Gasteiger partial charge in [0.1, 0.15) is 18.0 Å². The fraction of sp³-hybridized carbons (Fsp3) is 0.692. The smallest absolute Gasteiger partial charge is 0.134 e. The first kappa shape index (κ1) is 13.1. The van der Waals surface area contributed by atoms with E-state index < -0.39 is 0 Å². The molecule has 0 radical (unpaired) electrons. The minimum absolute atomic E-state index is 0.434. The predicted molar refractivity (Wildman–Crippen MR) is 75.0 cm³/mol. The molecule has 0 amide bonds. The molecule has 1 unspecified atom stereocenters. The SMILES string of the molecule is CCCN(C)c1cc(N2CCCC2CN)ncn1. The van der Waals surface area contributed by atoms with Gasteiger partial charge in [-0.05, 0) is 19.3 Å². The van der Waals surface area contributed by atoms with Crippen molar-refractivity contribution in [3.05, 3.63) is 12.4 Å². The molecular weight excluding hydrogens is 226 g/mol. The van der Waals surface area contributed by atoms with Crippen molar-refractivity contribution in [2.75, 3.05) is 36.5 Å². The lowest BCUT2D eigenvalue weighted by molar-refractivity contribution is 0.670. The van der Waals surface area contributed by atoms with Crippen LogP contribution in [0.1, 0.15) is 26.2 Å². The molecule has 1 atom stereocenters. The van der Waals surface area contributed by atoms with Crippen LogP contribution in [-0.2, 0) is 0 Å². The van der Waals surface area contributed by atoms with E-state index in [2.05, 4.69) is 39.8 Å². The zero-order valence-electron chi connectivity index (χ0n) is 11.3. The summed E-state index contributed by atoms with van der Waals surface area (Å²) >= 11 is 0. The summed E-state index contributed by atoms with van der Waals surface area (Å²) in [7, 11) is 2.07. The summed E-state index contributed by atoms with van der Waals surface area (Å²) in [5.41, 5.74) is 5.81. The molecule has 0 bridgehead atoms. The number of aromatic nitrogens is 2. The summed E-state index contributed by atoms with van der Waals surface area (Å²) < 4.78 is 0. The van der Waals surface area contributed by atoms with E-state index >= 15 is 0 Å². The Morgan fingerprint density at radius 3 is 3.06 bits per heavy atom. The van der Waals surface area contributed by atoms with Crippen molar-refractivity contribution >= 4 is 11.6 Å². The van der Waals surface area contributed by atoms with Gasteiger partial charge >= 0.3 is 0 Å². The van der Waals surface area contributed by atoms with Gasteiger partial charge in [-0.15, -0.1) is 0 Å². The van der Waals surface area contributed by atoms with E-state index in [1.165, 1.54) is 12.8 Å². The molecule has 2 heterocycles. The van der Waals surface area contributed by atoms with Gasteiger partial charge < -0.3 is 15.5 Å². The largest absolute Gasteiger partial charge is 0.360 e. The van der Waals surface area contributed by atoms with E-state index in [-0.39, 0.29) is 0 Å². The molecule has 1 aliphatic rings. The van der Waals surface area contributed by atoms with E-state index in [0.29, 0.717) is 12.6 Å². The number of hydrogen-bond donors (Lipinski definition) is 1. The van der Waals surface area contributed by atoms with Gasteiger partial charge in [-0.25, -0.2) is 9.97 Å². The first-order valence-electron chi connectivity index (χ1n) is 6.76. The van der Waals surface area contributed by atoms with Crippen LogP contribution in [0.3, 0.4) is 0 Å². The molecule has 0 spiro atoms. The van der Waals surface area contributed by atoms with Crippen LogP contribution < -0.4 is 15.5 Å². The highest BCUT2D eigenvalue weighted by Gasteiger charge is 2.24. The quantitative estimate of drug-likeness (QED) is 0.851. The van der Waals surface area contributed by atoms with Crippen LogP contribution in [0.15, 0.2) is 12.4 Å². The van der Waals surface area contributed by atoms with Crippen molar-refractivity contribution in [1.29, 1.82) is 0 Å². The molecule has 1 aromatic rings. The fourth-order valence-electron chi connectivity index (χ4n) is 2.54. The topological polar surface area (TPSA) is 58.3 Å².